The van der Waals surface area contributed by atoms with E-state index in [0.29, 0.717) is 11.6 Å². The Labute approximate surface area is 106 Å². The van der Waals surface area contributed by atoms with E-state index in [0.717, 1.165) is 19.3 Å². The highest BCUT2D eigenvalue weighted by Crippen LogP contribution is 2.16. The number of nitrogens with zero attached hydrogens (tertiary/aromatic N) is 1. The van der Waals surface area contributed by atoms with Gasteiger partial charge in [0.25, 0.3) is 5.91 Å². The van der Waals surface area contributed by atoms with E-state index >= 15 is 0 Å². The standard InChI is InChI=1S/C13H17ClFNO/c1-3-4-5-8-16(2)13(17)11-9-10(14)6-7-12(11)15/h6-7,9H,3-5,8H2,1-2H3. The van der Waals surface area contributed by atoms with Gasteiger partial charge in [-0.05, 0) is 24.6 Å². The first-order valence-corrected chi connectivity index (χ1v) is 6.14. The fraction of sp³-hybridized carbons (Fsp3) is 0.462. The van der Waals surface area contributed by atoms with Crippen LogP contribution in [0.15, 0.2) is 18.2 Å². The summed E-state index contributed by atoms with van der Waals surface area (Å²) in [5.74, 6) is -0.845. The zero-order valence-corrected chi connectivity index (χ0v) is 10.9. The number of unbranched alkanes of at least 4 members (excludes halogenated alkanes) is 2. The molecule has 1 aromatic carbocycles. The third-order valence-corrected chi connectivity index (χ3v) is 2.84. The van der Waals surface area contributed by atoms with Crippen molar-refractivity contribution in [3.8, 4) is 0 Å². The van der Waals surface area contributed by atoms with Crippen LogP contribution in [0.4, 0.5) is 4.39 Å². The van der Waals surface area contributed by atoms with Gasteiger partial charge in [-0.2, -0.15) is 0 Å². The predicted molar refractivity (Wildman–Crippen MR) is 67.9 cm³/mol. The van der Waals surface area contributed by atoms with Crippen molar-refractivity contribution in [1.82, 2.24) is 4.90 Å². The highest BCUT2D eigenvalue weighted by molar-refractivity contribution is 6.30. The molecular formula is C13H17ClFNO. The van der Waals surface area contributed by atoms with E-state index in [1.165, 1.54) is 23.1 Å². The topological polar surface area (TPSA) is 20.3 Å². The van der Waals surface area contributed by atoms with Gasteiger partial charge in [-0.3, -0.25) is 4.79 Å². The summed E-state index contributed by atoms with van der Waals surface area (Å²) in [7, 11) is 1.68. The maximum Gasteiger partial charge on any atom is 0.256 e. The minimum Gasteiger partial charge on any atom is -0.342 e. The monoisotopic (exact) mass is 257 g/mol. The average molecular weight is 258 g/mol. The fourth-order valence-corrected chi connectivity index (χ4v) is 1.74. The summed E-state index contributed by atoms with van der Waals surface area (Å²) in [6, 6.07) is 4.02. The van der Waals surface area contributed by atoms with Gasteiger partial charge >= 0.3 is 0 Å². The van der Waals surface area contributed by atoms with Gasteiger partial charge < -0.3 is 4.90 Å². The van der Waals surface area contributed by atoms with Crippen LogP contribution in [0.25, 0.3) is 0 Å². The SMILES string of the molecule is CCCCCN(C)C(=O)c1cc(Cl)ccc1F. The Morgan fingerprint density at radius 3 is 2.76 bits per heavy atom. The highest BCUT2D eigenvalue weighted by atomic mass is 35.5. The predicted octanol–water partition coefficient (Wildman–Crippen LogP) is 3.74. The van der Waals surface area contributed by atoms with Gasteiger partial charge in [0.2, 0.25) is 0 Å². The molecule has 1 rings (SSSR count). The van der Waals surface area contributed by atoms with E-state index in [4.69, 9.17) is 11.6 Å². The molecule has 0 N–H and O–H groups in total. The average Bonchev–Trinajstić information content (AvgIpc) is 2.31. The molecule has 2 nitrogen and oxygen atoms in total. The summed E-state index contributed by atoms with van der Waals surface area (Å²) in [6.45, 7) is 2.73. The van der Waals surface area contributed by atoms with Gasteiger partial charge in [0.15, 0.2) is 0 Å². The summed E-state index contributed by atoms with van der Waals surface area (Å²) in [5, 5.41) is 0.372. The van der Waals surface area contributed by atoms with E-state index in [1.807, 2.05) is 0 Å². The zero-order chi connectivity index (χ0) is 12.8. The van der Waals surface area contributed by atoms with Gasteiger partial charge in [-0.25, -0.2) is 4.39 Å². The Hall–Kier alpha value is -1.09. The number of halogens is 2. The molecule has 17 heavy (non-hydrogen) atoms. The molecule has 0 spiro atoms. The van der Waals surface area contributed by atoms with Crippen molar-refractivity contribution in [3.63, 3.8) is 0 Å². The molecule has 0 bridgehead atoms. The maximum absolute atomic E-state index is 13.5. The van der Waals surface area contributed by atoms with Crippen LogP contribution in [-0.4, -0.2) is 24.4 Å². The number of amides is 1. The molecular weight excluding hydrogens is 241 g/mol. The van der Waals surface area contributed by atoms with Crippen molar-refractivity contribution in [2.24, 2.45) is 0 Å². The third kappa shape index (κ3) is 4.00. The van der Waals surface area contributed by atoms with Crippen LogP contribution in [0, 0.1) is 5.82 Å². The van der Waals surface area contributed by atoms with E-state index in [1.54, 1.807) is 7.05 Å². The lowest BCUT2D eigenvalue weighted by atomic mass is 10.1. The number of rotatable bonds is 5. The Morgan fingerprint density at radius 1 is 1.41 bits per heavy atom. The second-order valence-corrected chi connectivity index (χ2v) is 4.49. The summed E-state index contributed by atoms with van der Waals surface area (Å²) in [6.07, 6.45) is 3.09. The second-order valence-electron chi connectivity index (χ2n) is 4.06. The van der Waals surface area contributed by atoms with Crippen LogP contribution in [0.2, 0.25) is 5.02 Å². The number of benzene rings is 1. The van der Waals surface area contributed by atoms with E-state index in [-0.39, 0.29) is 11.5 Å². The van der Waals surface area contributed by atoms with Gasteiger partial charge in [-0.1, -0.05) is 31.4 Å². The number of hydrogen-bond acceptors (Lipinski definition) is 1. The van der Waals surface area contributed by atoms with Crippen molar-refractivity contribution in [2.45, 2.75) is 26.2 Å². The molecule has 0 atom stereocenters. The molecule has 0 aliphatic heterocycles. The van der Waals surface area contributed by atoms with E-state index < -0.39 is 5.82 Å². The lowest BCUT2D eigenvalue weighted by molar-refractivity contribution is 0.0788. The summed E-state index contributed by atoms with van der Waals surface area (Å²) in [4.78, 5) is 13.5. The van der Waals surface area contributed by atoms with Crippen LogP contribution < -0.4 is 0 Å². The largest absolute Gasteiger partial charge is 0.342 e. The molecule has 0 aliphatic carbocycles. The quantitative estimate of drug-likeness (QED) is 0.736. The number of carbonyl (C=O) groups excluding carboxylic acids is 1. The Bertz CT molecular complexity index is 395. The first-order chi connectivity index (χ1) is 8.06. The van der Waals surface area contributed by atoms with Crippen LogP contribution >= 0.6 is 11.6 Å². The minimum absolute atomic E-state index is 0.0384. The van der Waals surface area contributed by atoms with Crippen molar-refractivity contribution < 1.29 is 9.18 Å². The van der Waals surface area contributed by atoms with Gasteiger partial charge in [-0.15, -0.1) is 0 Å². The van der Waals surface area contributed by atoms with Crippen LogP contribution in [0.5, 0.6) is 0 Å². The van der Waals surface area contributed by atoms with Crippen molar-refractivity contribution in [2.75, 3.05) is 13.6 Å². The molecule has 0 radical (unpaired) electrons. The van der Waals surface area contributed by atoms with Crippen LogP contribution in [0.3, 0.4) is 0 Å². The summed E-state index contributed by atoms with van der Waals surface area (Å²) in [5.41, 5.74) is 0.0384. The summed E-state index contributed by atoms with van der Waals surface area (Å²) < 4.78 is 13.5. The number of carbonyl (C=O) groups is 1. The van der Waals surface area contributed by atoms with Gasteiger partial charge in [0.05, 0.1) is 5.56 Å². The lowest BCUT2D eigenvalue weighted by Gasteiger charge is -2.17. The molecule has 4 heteroatoms. The molecule has 0 saturated heterocycles. The number of hydrogen-bond donors (Lipinski definition) is 0. The molecule has 0 aliphatic rings. The minimum atomic E-state index is -0.526. The van der Waals surface area contributed by atoms with Crippen LogP contribution in [0.1, 0.15) is 36.5 Å². The smallest absolute Gasteiger partial charge is 0.256 e. The molecule has 0 unspecified atom stereocenters. The second kappa shape index (κ2) is 6.60. The highest BCUT2D eigenvalue weighted by Gasteiger charge is 2.16. The Balaban J connectivity index is 2.71. The van der Waals surface area contributed by atoms with Crippen molar-refractivity contribution in [1.29, 1.82) is 0 Å². The molecule has 94 valence electrons. The first kappa shape index (κ1) is 14.0. The maximum atomic E-state index is 13.5. The molecule has 0 fully saturated rings. The molecule has 0 heterocycles. The zero-order valence-electron chi connectivity index (χ0n) is 10.2. The molecule has 0 saturated carbocycles. The fourth-order valence-electron chi connectivity index (χ4n) is 1.57. The summed E-state index contributed by atoms with van der Waals surface area (Å²) >= 11 is 5.75. The first-order valence-electron chi connectivity index (χ1n) is 5.76. The normalized spacial score (nSPS) is 10.4. The Morgan fingerprint density at radius 2 is 2.12 bits per heavy atom. The lowest BCUT2D eigenvalue weighted by Crippen LogP contribution is -2.28. The van der Waals surface area contributed by atoms with Gasteiger partial charge in [0.1, 0.15) is 5.82 Å². The molecule has 1 aromatic rings. The van der Waals surface area contributed by atoms with E-state index in [9.17, 15) is 9.18 Å². The van der Waals surface area contributed by atoms with Gasteiger partial charge in [0, 0.05) is 18.6 Å². The van der Waals surface area contributed by atoms with Crippen molar-refractivity contribution in [3.05, 3.63) is 34.6 Å². The van der Waals surface area contributed by atoms with Crippen LogP contribution in [-0.2, 0) is 0 Å². The Kier molecular flexibility index (Phi) is 5.42. The third-order valence-electron chi connectivity index (χ3n) is 2.60. The molecule has 0 aromatic heterocycles. The van der Waals surface area contributed by atoms with E-state index in [2.05, 4.69) is 6.92 Å². The molecule has 1 amide bonds. The van der Waals surface area contributed by atoms with Crippen molar-refractivity contribution >= 4 is 17.5 Å².